The number of ether oxygens (including phenoxy) is 1. The van der Waals surface area contributed by atoms with Crippen molar-refractivity contribution in [1.29, 1.82) is 0 Å². The molecule has 2 rings (SSSR count). The summed E-state index contributed by atoms with van der Waals surface area (Å²) in [5, 5.41) is 10.9. The Hall–Kier alpha value is -1.67. The fourth-order valence-electron chi connectivity index (χ4n) is 2.36. The first-order valence-electron chi connectivity index (χ1n) is 6.61. The first-order valence-corrected chi connectivity index (χ1v) is 8.26. The Balaban J connectivity index is 2.47. The van der Waals surface area contributed by atoms with Gasteiger partial charge in [0.2, 0.25) is 10.0 Å². The van der Waals surface area contributed by atoms with E-state index >= 15 is 0 Å². The number of hydrogen-bond donors (Lipinski definition) is 1. The number of nitro groups is 1. The van der Waals surface area contributed by atoms with Gasteiger partial charge in [-0.3, -0.25) is 10.1 Å². The molecule has 0 radical (unpaired) electrons. The van der Waals surface area contributed by atoms with Crippen LogP contribution in [0.4, 0.5) is 5.69 Å². The molecule has 0 amide bonds. The van der Waals surface area contributed by atoms with Crippen LogP contribution < -0.4 is 9.46 Å². The molecular formula is C13H18N2O5S. The molecule has 7 nitrogen and oxygen atoms in total. The summed E-state index contributed by atoms with van der Waals surface area (Å²) in [6.45, 7) is 5.25. The second kappa shape index (κ2) is 5.27. The summed E-state index contributed by atoms with van der Waals surface area (Å²) in [4.78, 5) is 10.4. The second-order valence-corrected chi connectivity index (χ2v) is 7.66. The quantitative estimate of drug-likeness (QED) is 0.678. The van der Waals surface area contributed by atoms with E-state index in [1.165, 1.54) is 18.2 Å². The summed E-state index contributed by atoms with van der Waals surface area (Å²) in [7, 11) is -3.42. The number of fused-ring (bicyclic) bond motifs is 1. The Bertz CT molecular complexity index is 669. The average molecular weight is 314 g/mol. The first-order chi connectivity index (χ1) is 9.63. The van der Waals surface area contributed by atoms with E-state index in [1.54, 1.807) is 6.92 Å². The number of nitro benzene ring substituents is 1. The maximum Gasteiger partial charge on any atom is 0.270 e. The van der Waals surface area contributed by atoms with Crippen LogP contribution in [0.5, 0.6) is 5.75 Å². The molecule has 8 heteroatoms. The van der Waals surface area contributed by atoms with Crippen molar-refractivity contribution in [3.63, 3.8) is 0 Å². The van der Waals surface area contributed by atoms with Gasteiger partial charge in [0.1, 0.15) is 11.4 Å². The minimum absolute atomic E-state index is 0.0466. The Kier molecular flexibility index (Phi) is 3.94. The molecule has 0 fully saturated rings. The molecule has 21 heavy (non-hydrogen) atoms. The average Bonchev–Trinajstić information content (AvgIpc) is 2.36. The molecule has 1 N–H and O–H groups in total. The standard InChI is InChI=1S/C13H18N2O5S/c1-4-21(18,19)14-11-8-13(2,3)20-12-6-5-9(15(16)17)7-10(11)12/h5-7,11,14H,4,8H2,1-3H3. The van der Waals surface area contributed by atoms with Crippen LogP contribution in [-0.4, -0.2) is 24.7 Å². The Morgan fingerprint density at radius 2 is 2.14 bits per heavy atom. The molecular weight excluding hydrogens is 296 g/mol. The maximum absolute atomic E-state index is 11.8. The van der Waals surface area contributed by atoms with Gasteiger partial charge in [-0.05, 0) is 26.8 Å². The predicted molar refractivity (Wildman–Crippen MR) is 77.8 cm³/mol. The zero-order valence-corrected chi connectivity index (χ0v) is 12.9. The smallest absolute Gasteiger partial charge is 0.270 e. The van der Waals surface area contributed by atoms with E-state index < -0.39 is 26.6 Å². The SMILES string of the molecule is CCS(=O)(=O)NC1CC(C)(C)Oc2ccc([N+](=O)[O-])cc21. The molecule has 116 valence electrons. The van der Waals surface area contributed by atoms with E-state index in [1.807, 2.05) is 13.8 Å². The summed E-state index contributed by atoms with van der Waals surface area (Å²) in [6, 6.07) is 3.70. The second-order valence-electron chi connectivity index (χ2n) is 5.62. The Morgan fingerprint density at radius 3 is 2.71 bits per heavy atom. The van der Waals surface area contributed by atoms with Crippen LogP contribution in [0.15, 0.2) is 18.2 Å². The van der Waals surface area contributed by atoms with Crippen LogP contribution >= 0.6 is 0 Å². The molecule has 1 aliphatic rings. The predicted octanol–water partition coefficient (Wildman–Crippen LogP) is 2.14. The number of benzene rings is 1. The highest BCUT2D eigenvalue weighted by Gasteiger charge is 2.36. The van der Waals surface area contributed by atoms with E-state index in [4.69, 9.17) is 4.74 Å². The van der Waals surface area contributed by atoms with Gasteiger partial charge in [-0.15, -0.1) is 0 Å². The molecule has 0 aromatic heterocycles. The van der Waals surface area contributed by atoms with Crippen molar-refractivity contribution in [3.05, 3.63) is 33.9 Å². The van der Waals surface area contributed by atoms with Gasteiger partial charge in [0.15, 0.2) is 0 Å². The molecule has 0 aliphatic carbocycles. The fraction of sp³-hybridized carbons (Fsp3) is 0.538. The number of hydrogen-bond acceptors (Lipinski definition) is 5. The molecule has 1 aromatic carbocycles. The normalized spacial score (nSPS) is 20.4. The van der Waals surface area contributed by atoms with Gasteiger partial charge in [0, 0.05) is 24.1 Å². The van der Waals surface area contributed by atoms with Crippen LogP contribution in [0, 0.1) is 10.1 Å². The maximum atomic E-state index is 11.8. The van der Waals surface area contributed by atoms with Crippen LogP contribution in [0.1, 0.15) is 38.8 Å². The van der Waals surface area contributed by atoms with Crippen molar-refractivity contribution < 1.29 is 18.1 Å². The first kappa shape index (κ1) is 15.7. The molecule has 1 heterocycles. The van der Waals surface area contributed by atoms with Crippen LogP contribution in [0.3, 0.4) is 0 Å². The third-order valence-electron chi connectivity index (χ3n) is 3.36. The van der Waals surface area contributed by atoms with E-state index in [9.17, 15) is 18.5 Å². The highest BCUT2D eigenvalue weighted by atomic mass is 32.2. The zero-order valence-electron chi connectivity index (χ0n) is 12.1. The Labute approximate surface area is 123 Å². The topological polar surface area (TPSA) is 98.5 Å². The summed E-state index contributed by atoms with van der Waals surface area (Å²) in [6.07, 6.45) is 0.403. The van der Waals surface area contributed by atoms with Gasteiger partial charge in [-0.2, -0.15) is 0 Å². The lowest BCUT2D eigenvalue weighted by Gasteiger charge is -2.37. The molecule has 1 unspecified atom stereocenters. The lowest BCUT2D eigenvalue weighted by molar-refractivity contribution is -0.385. The number of nitrogens with zero attached hydrogens (tertiary/aromatic N) is 1. The van der Waals surface area contributed by atoms with Crippen LogP contribution in [0.25, 0.3) is 0 Å². The third kappa shape index (κ3) is 3.51. The van der Waals surface area contributed by atoms with Gasteiger partial charge in [0.25, 0.3) is 5.69 Å². The Morgan fingerprint density at radius 1 is 1.48 bits per heavy atom. The summed E-state index contributed by atoms with van der Waals surface area (Å²) in [5.41, 5.74) is -0.136. The highest BCUT2D eigenvalue weighted by Crippen LogP contribution is 2.41. The van der Waals surface area contributed by atoms with Gasteiger partial charge < -0.3 is 4.74 Å². The van der Waals surface area contributed by atoms with Gasteiger partial charge in [0.05, 0.1) is 16.7 Å². The number of non-ortho nitro benzene ring substituents is 1. The molecule has 1 atom stereocenters. The van der Waals surface area contributed by atoms with Crippen molar-refractivity contribution >= 4 is 15.7 Å². The molecule has 0 saturated heterocycles. The van der Waals surface area contributed by atoms with Crippen LogP contribution in [-0.2, 0) is 10.0 Å². The van der Waals surface area contributed by atoms with E-state index in [0.29, 0.717) is 17.7 Å². The summed E-state index contributed by atoms with van der Waals surface area (Å²) >= 11 is 0. The van der Waals surface area contributed by atoms with Gasteiger partial charge >= 0.3 is 0 Å². The number of sulfonamides is 1. The number of rotatable bonds is 4. The molecule has 1 aromatic rings. The summed E-state index contributed by atoms with van der Waals surface area (Å²) < 4.78 is 32.0. The zero-order chi connectivity index (χ0) is 15.8. The molecule has 1 aliphatic heterocycles. The van der Waals surface area contributed by atoms with Gasteiger partial charge in [-0.25, -0.2) is 13.1 Å². The van der Waals surface area contributed by atoms with Crippen molar-refractivity contribution in [1.82, 2.24) is 4.72 Å². The molecule has 0 bridgehead atoms. The van der Waals surface area contributed by atoms with E-state index in [2.05, 4.69) is 4.72 Å². The minimum Gasteiger partial charge on any atom is -0.487 e. The number of nitrogens with one attached hydrogen (secondary N) is 1. The van der Waals surface area contributed by atoms with E-state index in [0.717, 1.165) is 0 Å². The van der Waals surface area contributed by atoms with Crippen molar-refractivity contribution in [2.75, 3.05) is 5.75 Å². The van der Waals surface area contributed by atoms with Crippen molar-refractivity contribution in [2.45, 2.75) is 38.8 Å². The third-order valence-corrected chi connectivity index (χ3v) is 4.77. The monoisotopic (exact) mass is 314 g/mol. The minimum atomic E-state index is -3.42. The largest absolute Gasteiger partial charge is 0.487 e. The molecule has 0 spiro atoms. The molecule has 0 saturated carbocycles. The van der Waals surface area contributed by atoms with Gasteiger partial charge in [-0.1, -0.05) is 0 Å². The van der Waals surface area contributed by atoms with E-state index in [-0.39, 0.29) is 11.4 Å². The highest BCUT2D eigenvalue weighted by molar-refractivity contribution is 7.89. The lowest BCUT2D eigenvalue weighted by atomic mass is 9.90. The van der Waals surface area contributed by atoms with Crippen LogP contribution in [0.2, 0.25) is 0 Å². The fourth-order valence-corrected chi connectivity index (χ4v) is 3.17. The van der Waals surface area contributed by atoms with Crippen molar-refractivity contribution in [3.8, 4) is 5.75 Å². The lowest BCUT2D eigenvalue weighted by Crippen LogP contribution is -2.41. The summed E-state index contributed by atoms with van der Waals surface area (Å²) in [5.74, 6) is 0.426. The van der Waals surface area contributed by atoms with Crippen molar-refractivity contribution in [2.24, 2.45) is 0 Å².